The average Bonchev–Trinajstić information content (AvgIpc) is 3.14. The standard InChI is InChI=1S/C46H79NO7/c1-6-9-12-15-22-26-32-42(33-27-23-16-13-10-7-2)41-45(49)52-40-36-43(54-46(50)53-39-31-37-47(4)5)34-28-24-19-17-18-20-25-30-38-51-44(48)35-29-21-14-11-8-3/h12,15,17,27-28,33,42-43H,6-11,13-14,16,18,20-23,25-26,29-32,34-41H2,1-5H3/b15-12+,28-17?,33-27-. The summed E-state index contributed by atoms with van der Waals surface area (Å²) in [6.45, 7) is 8.32. The summed E-state index contributed by atoms with van der Waals surface area (Å²) in [7, 11) is 3.94. The summed E-state index contributed by atoms with van der Waals surface area (Å²) >= 11 is 0. The number of hydrogen-bond donors (Lipinski definition) is 0. The van der Waals surface area contributed by atoms with E-state index in [1.165, 1.54) is 44.9 Å². The number of nitrogens with zero attached hydrogens (tertiary/aromatic N) is 1. The Labute approximate surface area is 330 Å². The number of rotatable bonds is 36. The summed E-state index contributed by atoms with van der Waals surface area (Å²) in [5.74, 6) is -0.157. The second kappa shape index (κ2) is 39.6. The molecule has 0 aliphatic heterocycles. The molecule has 0 heterocycles. The molecule has 0 aromatic carbocycles. The van der Waals surface area contributed by atoms with Crippen molar-refractivity contribution in [3.05, 3.63) is 47.9 Å². The molecule has 0 fully saturated rings. The minimum Gasteiger partial charge on any atom is -0.466 e. The SMILES string of the molecule is CCC/C=C/CCCC(/C=C\CCCCCC)CC(=O)OCCC(CC=C=C=CCCCCCOC(=O)CCCCCCC)OC(=O)OCCCN(C)C. The molecule has 2 unspecified atom stereocenters. The van der Waals surface area contributed by atoms with Crippen molar-refractivity contribution in [3.63, 3.8) is 0 Å². The third-order valence-corrected chi connectivity index (χ3v) is 8.97. The minimum atomic E-state index is -0.715. The molecule has 0 radical (unpaired) electrons. The molecule has 0 rings (SSSR count). The first-order valence-corrected chi connectivity index (χ1v) is 21.6. The van der Waals surface area contributed by atoms with E-state index in [-0.39, 0.29) is 31.1 Å². The van der Waals surface area contributed by atoms with Gasteiger partial charge in [0.15, 0.2) is 0 Å². The van der Waals surface area contributed by atoms with Crippen LogP contribution < -0.4 is 0 Å². The van der Waals surface area contributed by atoms with Gasteiger partial charge >= 0.3 is 18.1 Å². The monoisotopic (exact) mass is 758 g/mol. The summed E-state index contributed by atoms with van der Waals surface area (Å²) < 4.78 is 21.9. The van der Waals surface area contributed by atoms with Gasteiger partial charge in [-0.15, -0.1) is 0 Å². The highest BCUT2D eigenvalue weighted by Gasteiger charge is 2.17. The van der Waals surface area contributed by atoms with Crippen molar-refractivity contribution >= 4 is 18.1 Å². The molecule has 0 N–H and O–H groups in total. The fourth-order valence-electron chi connectivity index (χ4n) is 5.69. The molecule has 0 aromatic rings. The van der Waals surface area contributed by atoms with Gasteiger partial charge in [-0.2, -0.15) is 0 Å². The average molecular weight is 758 g/mol. The fraction of sp³-hybridized carbons (Fsp3) is 0.761. The summed E-state index contributed by atoms with van der Waals surface area (Å²) in [6, 6.07) is 0. The van der Waals surface area contributed by atoms with Crippen molar-refractivity contribution in [1.29, 1.82) is 0 Å². The molecule has 54 heavy (non-hydrogen) atoms. The normalized spacial score (nSPS) is 12.3. The summed E-state index contributed by atoms with van der Waals surface area (Å²) in [6.07, 6.45) is 34.3. The van der Waals surface area contributed by atoms with Gasteiger partial charge in [-0.25, -0.2) is 4.79 Å². The van der Waals surface area contributed by atoms with Crippen LogP contribution in [0, 0.1) is 5.92 Å². The number of hydrogen-bond acceptors (Lipinski definition) is 8. The van der Waals surface area contributed by atoms with E-state index < -0.39 is 12.3 Å². The number of allylic oxidation sites excluding steroid dienone is 5. The Morgan fingerprint density at radius 1 is 0.593 bits per heavy atom. The lowest BCUT2D eigenvalue weighted by atomic mass is 9.97. The molecular weight excluding hydrogens is 679 g/mol. The Bertz CT molecular complexity index is 1070. The van der Waals surface area contributed by atoms with E-state index in [9.17, 15) is 14.4 Å². The van der Waals surface area contributed by atoms with Crippen LogP contribution >= 0.6 is 0 Å². The molecular formula is C46H79NO7. The largest absolute Gasteiger partial charge is 0.508 e. The molecule has 0 amide bonds. The Morgan fingerprint density at radius 3 is 2.00 bits per heavy atom. The number of esters is 2. The zero-order valence-corrected chi connectivity index (χ0v) is 35.2. The first-order valence-electron chi connectivity index (χ1n) is 21.6. The highest BCUT2D eigenvalue weighted by molar-refractivity contribution is 5.70. The zero-order valence-electron chi connectivity index (χ0n) is 35.2. The molecule has 0 aliphatic carbocycles. The number of carbonyl (C=O) groups excluding carboxylic acids is 3. The topological polar surface area (TPSA) is 91.4 Å². The van der Waals surface area contributed by atoms with Crippen molar-refractivity contribution in [2.45, 2.75) is 181 Å². The van der Waals surface area contributed by atoms with Gasteiger partial charge in [-0.05, 0) is 109 Å². The number of unbranched alkanes of at least 4 members (excludes halogenated alkanes) is 13. The van der Waals surface area contributed by atoms with Gasteiger partial charge in [0.1, 0.15) is 6.10 Å². The molecule has 0 saturated carbocycles. The fourth-order valence-corrected chi connectivity index (χ4v) is 5.69. The quantitative estimate of drug-likeness (QED) is 0.0205. The van der Waals surface area contributed by atoms with Crippen molar-refractivity contribution in [3.8, 4) is 0 Å². The third kappa shape index (κ3) is 37.3. The lowest BCUT2D eigenvalue weighted by molar-refractivity contribution is -0.145. The molecule has 0 spiro atoms. The van der Waals surface area contributed by atoms with Crippen LogP contribution in [-0.4, -0.2) is 69.6 Å². The Hall–Kier alpha value is -3.05. The summed E-state index contributed by atoms with van der Waals surface area (Å²) in [5, 5.41) is 0. The van der Waals surface area contributed by atoms with Crippen molar-refractivity contribution in [1.82, 2.24) is 4.90 Å². The van der Waals surface area contributed by atoms with Crippen LogP contribution in [0.3, 0.4) is 0 Å². The van der Waals surface area contributed by atoms with E-state index >= 15 is 0 Å². The Balaban J connectivity index is 4.90. The van der Waals surface area contributed by atoms with Crippen LogP contribution in [0.25, 0.3) is 0 Å². The van der Waals surface area contributed by atoms with Crippen LogP contribution in [0.1, 0.15) is 175 Å². The molecule has 0 aliphatic rings. The third-order valence-electron chi connectivity index (χ3n) is 8.97. The summed E-state index contributed by atoms with van der Waals surface area (Å²) in [4.78, 5) is 39.2. The second-order valence-corrected chi connectivity index (χ2v) is 14.6. The van der Waals surface area contributed by atoms with E-state index in [0.29, 0.717) is 38.7 Å². The van der Waals surface area contributed by atoms with Gasteiger partial charge in [0, 0.05) is 25.8 Å². The maximum Gasteiger partial charge on any atom is 0.508 e. The molecule has 8 heteroatoms. The maximum absolute atomic E-state index is 12.9. The van der Waals surface area contributed by atoms with E-state index in [4.69, 9.17) is 18.9 Å². The van der Waals surface area contributed by atoms with Gasteiger partial charge in [-0.3, -0.25) is 9.59 Å². The minimum absolute atomic E-state index is 0.0841. The molecule has 2 atom stereocenters. The van der Waals surface area contributed by atoms with E-state index in [0.717, 1.165) is 83.6 Å². The number of carbonyl (C=O) groups is 3. The van der Waals surface area contributed by atoms with Gasteiger partial charge in [0.05, 0.1) is 26.2 Å². The van der Waals surface area contributed by atoms with Gasteiger partial charge in [-0.1, -0.05) is 108 Å². The van der Waals surface area contributed by atoms with E-state index in [1.54, 1.807) is 6.08 Å². The molecule has 0 aromatic heterocycles. The van der Waals surface area contributed by atoms with Crippen LogP contribution in [0.2, 0.25) is 0 Å². The van der Waals surface area contributed by atoms with Gasteiger partial charge < -0.3 is 23.8 Å². The molecule has 8 nitrogen and oxygen atoms in total. The predicted octanol–water partition coefficient (Wildman–Crippen LogP) is 12.2. The van der Waals surface area contributed by atoms with Crippen molar-refractivity contribution < 1.29 is 33.3 Å². The lowest BCUT2D eigenvalue weighted by Crippen LogP contribution is -2.22. The number of ether oxygens (including phenoxy) is 4. The first kappa shape index (κ1) is 51.0. The van der Waals surface area contributed by atoms with E-state index in [2.05, 4.69) is 56.5 Å². The van der Waals surface area contributed by atoms with Crippen molar-refractivity contribution in [2.75, 3.05) is 40.5 Å². The Morgan fingerprint density at radius 2 is 1.24 bits per heavy atom. The highest BCUT2D eigenvalue weighted by atomic mass is 16.7. The predicted molar refractivity (Wildman–Crippen MR) is 222 cm³/mol. The van der Waals surface area contributed by atoms with Crippen LogP contribution in [0.4, 0.5) is 4.79 Å². The smallest absolute Gasteiger partial charge is 0.466 e. The van der Waals surface area contributed by atoms with Crippen LogP contribution in [0.15, 0.2) is 47.9 Å². The van der Waals surface area contributed by atoms with Crippen LogP contribution in [-0.2, 0) is 28.5 Å². The molecule has 0 bridgehead atoms. The first-order chi connectivity index (χ1) is 26.3. The van der Waals surface area contributed by atoms with Crippen LogP contribution in [0.5, 0.6) is 0 Å². The zero-order chi connectivity index (χ0) is 39.7. The van der Waals surface area contributed by atoms with Gasteiger partial charge in [0.25, 0.3) is 0 Å². The Kier molecular flexibility index (Phi) is 37.4. The summed E-state index contributed by atoms with van der Waals surface area (Å²) in [5.41, 5.74) is 6.10. The molecule has 310 valence electrons. The van der Waals surface area contributed by atoms with Crippen molar-refractivity contribution in [2.24, 2.45) is 5.92 Å². The lowest BCUT2D eigenvalue weighted by Gasteiger charge is -2.17. The molecule has 0 saturated heterocycles. The van der Waals surface area contributed by atoms with Gasteiger partial charge in [0.2, 0.25) is 0 Å². The second-order valence-electron chi connectivity index (χ2n) is 14.6. The van der Waals surface area contributed by atoms with E-state index in [1.807, 2.05) is 25.1 Å². The highest BCUT2D eigenvalue weighted by Crippen LogP contribution is 2.18. The maximum atomic E-state index is 12.9.